The molecule has 11 heteroatoms. The topological polar surface area (TPSA) is 211 Å². The maximum Gasteiger partial charge on any atom is 0.237 e. The molecule has 0 spiro atoms. The van der Waals surface area contributed by atoms with Crippen LogP contribution in [0.5, 0.6) is 0 Å². The number of Topliss-reactive ketones (excluding diaryl/α,β-unsaturated/α-hetero) is 2. The molecule has 4 atom stereocenters. The summed E-state index contributed by atoms with van der Waals surface area (Å²) >= 11 is 0. The Morgan fingerprint density at radius 2 is 1.90 bits per heavy atom. The first-order chi connectivity index (χ1) is 14.5. The van der Waals surface area contributed by atoms with E-state index in [1.165, 1.54) is 18.7 Å². The highest BCUT2D eigenvalue weighted by Crippen LogP contribution is 2.23. The largest absolute Gasteiger partial charge is 0.345 e. The molecule has 0 aliphatic carbocycles. The molecular formula is C20H35N7O4. The second kappa shape index (κ2) is 11.9. The summed E-state index contributed by atoms with van der Waals surface area (Å²) in [6.07, 6.45) is 2.56. The maximum absolute atomic E-state index is 12.9. The van der Waals surface area contributed by atoms with Crippen LogP contribution in [0.3, 0.4) is 0 Å². The first-order valence-corrected chi connectivity index (χ1v) is 10.5. The summed E-state index contributed by atoms with van der Waals surface area (Å²) in [5, 5.41) is 11.7. The monoisotopic (exact) mass is 437 g/mol. The molecule has 174 valence electrons. The van der Waals surface area contributed by atoms with Crippen LogP contribution in [0.25, 0.3) is 0 Å². The third-order valence-electron chi connectivity index (χ3n) is 5.53. The van der Waals surface area contributed by atoms with E-state index in [1.807, 2.05) is 6.07 Å². The van der Waals surface area contributed by atoms with E-state index in [1.54, 1.807) is 0 Å². The molecule has 0 aromatic carbocycles. The Bertz CT molecular complexity index is 719. The summed E-state index contributed by atoms with van der Waals surface area (Å²) in [5.41, 5.74) is 21.2. The van der Waals surface area contributed by atoms with Crippen molar-refractivity contribution in [1.82, 2.24) is 10.2 Å². The SMILES string of the molecule is CC(=O)C(CC(N)(N)C(=O)[C@H](C)NC(=O)[C@@H](N)CCCCN)C(=O)N1CCCC1C#N. The van der Waals surface area contributed by atoms with E-state index in [0.717, 1.165) is 6.42 Å². The number of unbranched alkanes of at least 4 members (excludes halogenated alkanes) is 1. The lowest BCUT2D eigenvalue weighted by atomic mass is 9.86. The summed E-state index contributed by atoms with van der Waals surface area (Å²) < 4.78 is 0. The zero-order valence-electron chi connectivity index (χ0n) is 18.3. The van der Waals surface area contributed by atoms with Crippen LogP contribution in [-0.2, 0) is 19.2 Å². The average molecular weight is 438 g/mol. The molecule has 0 aromatic heterocycles. The van der Waals surface area contributed by atoms with Gasteiger partial charge in [-0.2, -0.15) is 5.26 Å². The lowest BCUT2D eigenvalue weighted by molar-refractivity contribution is -0.142. The lowest BCUT2D eigenvalue weighted by Gasteiger charge is -2.31. The molecule has 2 amide bonds. The van der Waals surface area contributed by atoms with E-state index in [0.29, 0.717) is 38.8 Å². The predicted molar refractivity (Wildman–Crippen MR) is 114 cm³/mol. The van der Waals surface area contributed by atoms with Crippen molar-refractivity contribution < 1.29 is 19.2 Å². The number of amides is 2. The third-order valence-corrected chi connectivity index (χ3v) is 5.53. The van der Waals surface area contributed by atoms with Crippen LogP contribution in [0.2, 0.25) is 0 Å². The number of carbonyl (C=O) groups excluding carboxylic acids is 4. The molecule has 1 aliphatic rings. The Morgan fingerprint density at radius 1 is 1.26 bits per heavy atom. The molecule has 0 aromatic rings. The molecule has 9 N–H and O–H groups in total. The average Bonchev–Trinajstić information content (AvgIpc) is 3.19. The third kappa shape index (κ3) is 7.36. The van der Waals surface area contributed by atoms with E-state index in [-0.39, 0.29) is 0 Å². The van der Waals surface area contributed by atoms with Crippen molar-refractivity contribution in [2.75, 3.05) is 13.1 Å². The summed E-state index contributed by atoms with van der Waals surface area (Å²) in [7, 11) is 0. The summed E-state index contributed by atoms with van der Waals surface area (Å²) in [4.78, 5) is 51.3. The highest BCUT2D eigenvalue weighted by Gasteiger charge is 2.42. The number of nitrogens with two attached hydrogens (primary N) is 4. The molecule has 11 nitrogen and oxygen atoms in total. The molecule has 0 saturated carbocycles. The molecule has 2 unspecified atom stereocenters. The van der Waals surface area contributed by atoms with Gasteiger partial charge in [0, 0.05) is 13.0 Å². The fourth-order valence-corrected chi connectivity index (χ4v) is 3.64. The van der Waals surface area contributed by atoms with Crippen molar-refractivity contribution in [2.45, 2.75) is 76.2 Å². The van der Waals surface area contributed by atoms with E-state index in [4.69, 9.17) is 22.9 Å². The molecule has 31 heavy (non-hydrogen) atoms. The standard InChI is InChI=1S/C20H35N7O4/c1-12(26-18(30)16(23)7-3-4-8-21)17(29)20(24,25)10-15(13(2)28)19(31)27-9-5-6-14(27)11-22/h12,14-16H,3-10,21,23-25H2,1-2H3,(H,26,30)/t12-,14?,15?,16-/m0/s1. The Kier molecular flexibility index (Phi) is 10.2. The number of hydrogen-bond acceptors (Lipinski definition) is 9. The number of ketones is 2. The Labute approximate surface area is 182 Å². The van der Waals surface area contributed by atoms with Crippen molar-refractivity contribution in [3.8, 4) is 6.07 Å². The molecule has 1 rings (SSSR count). The minimum atomic E-state index is -2.04. The fraction of sp³-hybridized carbons (Fsp3) is 0.750. The van der Waals surface area contributed by atoms with Gasteiger partial charge in [0.05, 0.1) is 24.1 Å². The van der Waals surface area contributed by atoms with Gasteiger partial charge < -0.3 is 33.2 Å². The molecule has 1 fully saturated rings. The molecule has 0 radical (unpaired) electrons. The van der Waals surface area contributed by atoms with Crippen LogP contribution in [0, 0.1) is 17.2 Å². The van der Waals surface area contributed by atoms with E-state index in [9.17, 15) is 24.4 Å². The van der Waals surface area contributed by atoms with Crippen molar-refractivity contribution >= 4 is 23.4 Å². The first kappa shape index (κ1) is 26.6. The zero-order valence-corrected chi connectivity index (χ0v) is 18.3. The maximum atomic E-state index is 12.9. The summed E-state index contributed by atoms with van der Waals surface area (Å²) in [6, 6.07) is -0.450. The molecule has 1 heterocycles. The van der Waals surface area contributed by atoms with Gasteiger partial charge in [-0.1, -0.05) is 6.42 Å². The van der Waals surface area contributed by atoms with E-state index in [2.05, 4.69) is 5.32 Å². The van der Waals surface area contributed by atoms with Crippen molar-refractivity contribution in [3.63, 3.8) is 0 Å². The van der Waals surface area contributed by atoms with Gasteiger partial charge >= 0.3 is 0 Å². The van der Waals surface area contributed by atoms with Crippen LogP contribution >= 0.6 is 0 Å². The van der Waals surface area contributed by atoms with Gasteiger partial charge in [-0.25, -0.2) is 0 Å². The number of nitrogens with zero attached hydrogens (tertiary/aromatic N) is 2. The number of nitriles is 1. The van der Waals surface area contributed by atoms with Gasteiger partial charge in [-0.15, -0.1) is 0 Å². The summed E-state index contributed by atoms with van der Waals surface area (Å²) in [5.74, 6) is -3.58. The number of nitrogens with one attached hydrogen (secondary N) is 1. The van der Waals surface area contributed by atoms with Crippen LogP contribution in [0.1, 0.15) is 52.4 Å². The molecule has 1 aliphatic heterocycles. The number of likely N-dealkylation sites (tertiary alicyclic amines) is 1. The fourth-order valence-electron chi connectivity index (χ4n) is 3.64. The second-order valence-electron chi connectivity index (χ2n) is 8.21. The molecule has 1 saturated heterocycles. The van der Waals surface area contributed by atoms with Gasteiger partial charge in [0.1, 0.15) is 17.5 Å². The zero-order chi connectivity index (χ0) is 23.8. The molecule has 0 bridgehead atoms. The Hall–Kier alpha value is -2.39. The predicted octanol–water partition coefficient (Wildman–Crippen LogP) is -1.76. The van der Waals surface area contributed by atoms with E-state index < -0.39 is 59.5 Å². The Morgan fingerprint density at radius 3 is 2.45 bits per heavy atom. The van der Waals surface area contributed by atoms with Crippen LogP contribution in [0.15, 0.2) is 0 Å². The van der Waals surface area contributed by atoms with Gasteiger partial charge in [0.25, 0.3) is 0 Å². The smallest absolute Gasteiger partial charge is 0.237 e. The summed E-state index contributed by atoms with van der Waals surface area (Å²) in [6.45, 7) is 3.48. The van der Waals surface area contributed by atoms with Gasteiger partial charge in [-0.3, -0.25) is 19.2 Å². The van der Waals surface area contributed by atoms with Gasteiger partial charge in [-0.05, 0) is 46.1 Å². The van der Waals surface area contributed by atoms with Gasteiger partial charge in [0.2, 0.25) is 11.8 Å². The van der Waals surface area contributed by atoms with Crippen molar-refractivity contribution in [2.24, 2.45) is 28.9 Å². The van der Waals surface area contributed by atoms with Crippen LogP contribution in [-0.4, -0.2) is 65.2 Å². The number of hydrogen-bond donors (Lipinski definition) is 5. The Balaban J connectivity index is 2.81. The van der Waals surface area contributed by atoms with Crippen LogP contribution < -0.4 is 28.3 Å². The highest BCUT2D eigenvalue weighted by atomic mass is 16.2. The van der Waals surface area contributed by atoms with E-state index >= 15 is 0 Å². The normalized spacial score (nSPS) is 19.3. The molecular weight excluding hydrogens is 402 g/mol. The minimum Gasteiger partial charge on any atom is -0.345 e. The second-order valence-corrected chi connectivity index (χ2v) is 8.21. The quantitative estimate of drug-likeness (QED) is 0.133. The first-order valence-electron chi connectivity index (χ1n) is 10.5. The number of carbonyl (C=O) groups is 4. The van der Waals surface area contributed by atoms with Crippen molar-refractivity contribution in [3.05, 3.63) is 0 Å². The van der Waals surface area contributed by atoms with Crippen LogP contribution in [0.4, 0.5) is 0 Å². The number of rotatable bonds is 12. The minimum absolute atomic E-state index is 0.353. The lowest BCUT2D eigenvalue weighted by Crippen LogP contribution is -2.64. The highest BCUT2D eigenvalue weighted by molar-refractivity contribution is 6.02. The van der Waals surface area contributed by atoms with Gasteiger partial charge in [0.15, 0.2) is 5.78 Å². The van der Waals surface area contributed by atoms with Crippen molar-refractivity contribution in [1.29, 1.82) is 5.26 Å².